The number of anilines is 1. The molecule has 0 bridgehead atoms. The van der Waals surface area contributed by atoms with Crippen molar-refractivity contribution in [2.24, 2.45) is 11.7 Å². The zero-order chi connectivity index (χ0) is 19.0. The van der Waals surface area contributed by atoms with Crippen LogP contribution in [0, 0.1) is 5.92 Å². The number of oxazole rings is 1. The van der Waals surface area contributed by atoms with Gasteiger partial charge in [0.15, 0.2) is 17.9 Å². The number of nitrogens with one attached hydrogen (secondary N) is 1. The van der Waals surface area contributed by atoms with E-state index in [1.165, 1.54) is 13.5 Å². The number of nitrogens with zero attached hydrogens (tertiary/aromatic N) is 1. The zero-order valence-corrected chi connectivity index (χ0v) is 16.1. The maximum absolute atomic E-state index is 12.1. The number of hydrogen-bond donors (Lipinski definition) is 2. The second-order valence-electron chi connectivity index (χ2n) is 5.60. The van der Waals surface area contributed by atoms with E-state index in [1.807, 2.05) is 27.7 Å². The third-order valence-electron chi connectivity index (χ3n) is 3.32. The highest BCUT2D eigenvalue weighted by Gasteiger charge is 2.20. The molecule has 1 atom stereocenters. The van der Waals surface area contributed by atoms with Gasteiger partial charge in [-0.25, -0.2) is 4.98 Å². The molecule has 1 amide bonds. The predicted molar refractivity (Wildman–Crippen MR) is 101 cm³/mol. The molecule has 0 saturated heterocycles. The van der Waals surface area contributed by atoms with Gasteiger partial charge in [-0.3, -0.25) is 4.79 Å². The van der Waals surface area contributed by atoms with E-state index < -0.39 is 6.04 Å². The molecule has 1 aromatic carbocycles. The van der Waals surface area contributed by atoms with Crippen LogP contribution in [0.25, 0.3) is 11.3 Å². The minimum atomic E-state index is -0.592. The van der Waals surface area contributed by atoms with Crippen molar-refractivity contribution in [2.45, 2.75) is 40.2 Å². The number of hydrogen-bond acceptors (Lipinski definition) is 5. The number of nitrogens with two attached hydrogens (primary N) is 1. The molecule has 0 aliphatic rings. The van der Waals surface area contributed by atoms with Crippen LogP contribution in [0.3, 0.4) is 0 Å². The Bertz CT molecular complexity index is 672. The molecule has 6 nitrogen and oxygen atoms in total. The number of rotatable bonds is 6. The van der Waals surface area contributed by atoms with Crippen LogP contribution in [0.2, 0.25) is 5.02 Å². The molecule has 1 aromatic heterocycles. The maximum Gasteiger partial charge on any atom is 0.241 e. The van der Waals surface area contributed by atoms with Gasteiger partial charge in [-0.1, -0.05) is 39.3 Å². The van der Waals surface area contributed by atoms with Crippen molar-refractivity contribution in [3.63, 3.8) is 0 Å². The molecule has 0 radical (unpaired) electrons. The molecule has 2 aromatic rings. The minimum absolute atomic E-state index is 0.282. The first-order valence-corrected chi connectivity index (χ1v) is 8.63. The summed E-state index contributed by atoms with van der Waals surface area (Å²) in [4.78, 5) is 16.0. The van der Waals surface area contributed by atoms with Gasteiger partial charge in [-0.05, 0) is 24.5 Å². The first-order valence-electron chi connectivity index (χ1n) is 8.25. The Balaban J connectivity index is 0.00000151. The smallest absolute Gasteiger partial charge is 0.241 e. The Kier molecular flexibility index (Phi) is 8.45. The van der Waals surface area contributed by atoms with Crippen molar-refractivity contribution in [2.75, 3.05) is 12.4 Å². The molecule has 25 heavy (non-hydrogen) atoms. The molecular formula is C18H26ClN3O3. The molecule has 1 unspecified atom stereocenters. The average molecular weight is 368 g/mol. The number of ether oxygens (including phenoxy) is 1. The van der Waals surface area contributed by atoms with Crippen LogP contribution in [-0.4, -0.2) is 24.0 Å². The lowest BCUT2D eigenvalue weighted by Gasteiger charge is -2.17. The number of carbonyl (C=O) groups excluding carboxylic acids is 1. The van der Waals surface area contributed by atoms with Gasteiger partial charge in [0.05, 0.1) is 30.6 Å². The Morgan fingerprint density at radius 2 is 2.08 bits per heavy atom. The van der Waals surface area contributed by atoms with Crippen molar-refractivity contribution in [1.82, 2.24) is 4.98 Å². The number of aromatic nitrogens is 1. The Hall–Kier alpha value is -2.05. The standard InChI is InChI=1S/C16H20ClN3O3.C2H6/c1-9(2)6-11(18)16(21)20-12-5-4-10(13-7-19-8-23-13)15(22-3)14(12)17;1-2/h4-5,7-9,11H,6,18H2,1-3H3,(H,20,21);1-2H3. The molecule has 138 valence electrons. The quantitative estimate of drug-likeness (QED) is 0.792. The summed E-state index contributed by atoms with van der Waals surface area (Å²) in [6, 6.07) is 2.84. The van der Waals surface area contributed by atoms with Crippen LogP contribution >= 0.6 is 11.6 Å². The number of halogens is 1. The highest BCUT2D eigenvalue weighted by Crippen LogP contribution is 2.40. The van der Waals surface area contributed by atoms with Crippen molar-refractivity contribution >= 4 is 23.2 Å². The molecule has 1 heterocycles. The van der Waals surface area contributed by atoms with E-state index in [1.54, 1.807) is 18.3 Å². The van der Waals surface area contributed by atoms with Gasteiger partial charge < -0.3 is 20.2 Å². The third-order valence-corrected chi connectivity index (χ3v) is 3.69. The molecule has 3 N–H and O–H groups in total. The van der Waals surface area contributed by atoms with Crippen LogP contribution < -0.4 is 15.8 Å². The zero-order valence-electron chi connectivity index (χ0n) is 15.3. The Labute approximate surface area is 153 Å². The summed E-state index contributed by atoms with van der Waals surface area (Å²) in [5.41, 5.74) is 6.98. The van der Waals surface area contributed by atoms with Gasteiger partial charge in [0, 0.05) is 0 Å². The monoisotopic (exact) mass is 367 g/mol. The normalized spacial score (nSPS) is 11.5. The number of methoxy groups -OCH3 is 1. The molecule has 0 spiro atoms. The van der Waals surface area contributed by atoms with Crippen LogP contribution in [0.15, 0.2) is 29.1 Å². The Morgan fingerprint density at radius 1 is 1.40 bits per heavy atom. The average Bonchev–Trinajstić information content (AvgIpc) is 3.11. The molecule has 0 saturated carbocycles. The topological polar surface area (TPSA) is 90.4 Å². The summed E-state index contributed by atoms with van der Waals surface area (Å²) in [5, 5.41) is 3.02. The molecule has 2 rings (SSSR count). The van der Waals surface area contributed by atoms with Gasteiger partial charge in [-0.2, -0.15) is 0 Å². The predicted octanol–water partition coefficient (Wildman–Crippen LogP) is 4.34. The fourth-order valence-electron chi connectivity index (χ4n) is 2.24. The fraction of sp³-hybridized carbons (Fsp3) is 0.444. The molecule has 0 aliphatic carbocycles. The Morgan fingerprint density at radius 3 is 2.60 bits per heavy atom. The summed E-state index contributed by atoms with van der Waals surface area (Å²) in [5.74, 6) is 0.974. The number of carbonyl (C=O) groups is 1. The summed E-state index contributed by atoms with van der Waals surface area (Å²) in [6.45, 7) is 8.02. The number of amides is 1. The minimum Gasteiger partial charge on any atom is -0.494 e. The lowest BCUT2D eigenvalue weighted by Crippen LogP contribution is -2.36. The summed E-state index contributed by atoms with van der Waals surface area (Å²) < 4.78 is 10.6. The van der Waals surface area contributed by atoms with Crippen molar-refractivity contribution < 1.29 is 13.9 Å². The lowest BCUT2D eigenvalue weighted by molar-refractivity contribution is -0.117. The van der Waals surface area contributed by atoms with Crippen LogP contribution in [0.5, 0.6) is 5.75 Å². The van der Waals surface area contributed by atoms with E-state index in [4.69, 9.17) is 26.5 Å². The van der Waals surface area contributed by atoms with Gasteiger partial charge in [0.25, 0.3) is 0 Å². The molecule has 0 fully saturated rings. The third kappa shape index (κ3) is 5.47. The molecular weight excluding hydrogens is 342 g/mol. The molecule has 0 aliphatic heterocycles. The second kappa shape index (κ2) is 10.1. The molecule has 7 heteroatoms. The second-order valence-corrected chi connectivity index (χ2v) is 5.98. The van der Waals surface area contributed by atoms with Crippen LogP contribution in [0.4, 0.5) is 5.69 Å². The van der Waals surface area contributed by atoms with Crippen LogP contribution in [0.1, 0.15) is 34.1 Å². The van der Waals surface area contributed by atoms with Gasteiger partial charge >= 0.3 is 0 Å². The lowest BCUT2D eigenvalue weighted by atomic mass is 10.0. The summed E-state index contributed by atoms with van der Waals surface area (Å²) in [7, 11) is 1.50. The highest BCUT2D eigenvalue weighted by molar-refractivity contribution is 6.35. The first-order chi connectivity index (χ1) is 11.9. The van der Waals surface area contributed by atoms with Crippen molar-refractivity contribution in [3.8, 4) is 17.1 Å². The van der Waals surface area contributed by atoms with Gasteiger partial charge in [0.1, 0.15) is 5.02 Å². The largest absolute Gasteiger partial charge is 0.494 e. The SMILES string of the molecule is CC.COc1c(-c2cnco2)ccc(NC(=O)C(N)CC(C)C)c1Cl. The van der Waals surface area contributed by atoms with E-state index >= 15 is 0 Å². The van der Waals surface area contributed by atoms with E-state index in [0.717, 1.165) is 0 Å². The van der Waals surface area contributed by atoms with Gasteiger partial charge in [-0.15, -0.1) is 0 Å². The summed E-state index contributed by atoms with van der Waals surface area (Å²) >= 11 is 6.34. The fourth-order valence-corrected chi connectivity index (χ4v) is 2.52. The summed E-state index contributed by atoms with van der Waals surface area (Å²) in [6.07, 6.45) is 3.48. The van der Waals surface area contributed by atoms with E-state index in [0.29, 0.717) is 35.1 Å². The van der Waals surface area contributed by atoms with Crippen molar-refractivity contribution in [3.05, 3.63) is 29.7 Å². The highest BCUT2D eigenvalue weighted by atomic mass is 35.5. The van der Waals surface area contributed by atoms with Crippen molar-refractivity contribution in [1.29, 1.82) is 0 Å². The van der Waals surface area contributed by atoms with Crippen LogP contribution in [-0.2, 0) is 4.79 Å². The van der Waals surface area contributed by atoms with E-state index in [9.17, 15) is 4.79 Å². The van der Waals surface area contributed by atoms with Gasteiger partial charge in [0.2, 0.25) is 5.91 Å². The maximum atomic E-state index is 12.1. The van der Waals surface area contributed by atoms with E-state index in [-0.39, 0.29) is 10.9 Å². The van der Waals surface area contributed by atoms with E-state index in [2.05, 4.69) is 10.3 Å². The number of benzene rings is 1. The first kappa shape index (κ1) is 21.0.